The number of hydrogen-bond acceptors (Lipinski definition) is 3. The Kier molecular flexibility index (Phi) is 8.59. The summed E-state index contributed by atoms with van der Waals surface area (Å²) in [4.78, 5) is 9.30. The molecule has 0 bridgehead atoms. The van der Waals surface area contributed by atoms with Crippen molar-refractivity contribution < 1.29 is 0 Å². The van der Waals surface area contributed by atoms with Crippen LogP contribution < -0.4 is 10.2 Å². The minimum atomic E-state index is 0. The standard InChI is InChI=1S/C21H32N6.HI/c1-17(16-27-19(3)14-18(2)24-27)15-23-21(22-4)26-12-10-25(11-13-26)20-8-6-5-7-9-20;/h5-9,14,17H,10-13,15-16H2,1-4H3,(H,22,23);1H. The second kappa shape index (κ2) is 10.7. The molecule has 1 N–H and O–H groups in total. The molecule has 1 unspecified atom stereocenters. The molecule has 2 heterocycles. The number of benzene rings is 1. The molecule has 1 atom stereocenters. The van der Waals surface area contributed by atoms with Crippen LogP contribution in [0.3, 0.4) is 0 Å². The van der Waals surface area contributed by atoms with Crippen molar-refractivity contribution in [2.24, 2.45) is 10.9 Å². The smallest absolute Gasteiger partial charge is 0.193 e. The summed E-state index contributed by atoms with van der Waals surface area (Å²) in [5, 5.41) is 8.12. The Hall–Kier alpha value is -1.77. The molecule has 2 aromatic rings. The maximum absolute atomic E-state index is 4.57. The molecule has 1 aliphatic rings. The van der Waals surface area contributed by atoms with E-state index >= 15 is 0 Å². The Morgan fingerprint density at radius 2 is 1.82 bits per heavy atom. The fourth-order valence-electron chi connectivity index (χ4n) is 3.63. The van der Waals surface area contributed by atoms with Crippen molar-refractivity contribution in [1.82, 2.24) is 20.0 Å². The monoisotopic (exact) mass is 496 g/mol. The molecule has 0 aliphatic carbocycles. The molecule has 0 spiro atoms. The lowest BCUT2D eigenvalue weighted by molar-refractivity contribution is 0.363. The fraction of sp³-hybridized carbons (Fsp3) is 0.524. The van der Waals surface area contributed by atoms with Crippen LogP contribution in [0.25, 0.3) is 0 Å². The number of hydrogen-bond donors (Lipinski definition) is 1. The van der Waals surface area contributed by atoms with Gasteiger partial charge >= 0.3 is 0 Å². The molecule has 154 valence electrons. The summed E-state index contributed by atoms with van der Waals surface area (Å²) in [6.07, 6.45) is 0. The van der Waals surface area contributed by atoms with Gasteiger partial charge in [0.2, 0.25) is 0 Å². The molecule has 6 nitrogen and oxygen atoms in total. The first-order chi connectivity index (χ1) is 13.1. The number of halogens is 1. The Morgan fingerprint density at radius 1 is 1.14 bits per heavy atom. The van der Waals surface area contributed by atoms with Crippen molar-refractivity contribution in [2.45, 2.75) is 27.3 Å². The first-order valence-electron chi connectivity index (χ1n) is 9.83. The largest absolute Gasteiger partial charge is 0.368 e. The highest BCUT2D eigenvalue weighted by Crippen LogP contribution is 2.15. The number of aromatic nitrogens is 2. The third-order valence-corrected chi connectivity index (χ3v) is 5.11. The summed E-state index contributed by atoms with van der Waals surface area (Å²) >= 11 is 0. The van der Waals surface area contributed by atoms with Gasteiger partial charge in [-0.3, -0.25) is 9.67 Å². The predicted octanol–water partition coefficient (Wildman–Crippen LogP) is 3.15. The maximum atomic E-state index is 4.57. The van der Waals surface area contributed by atoms with Crippen molar-refractivity contribution in [3.8, 4) is 0 Å². The number of nitrogens with one attached hydrogen (secondary N) is 1. The van der Waals surface area contributed by atoms with Gasteiger partial charge in [0.15, 0.2) is 5.96 Å². The summed E-state index contributed by atoms with van der Waals surface area (Å²) in [5.41, 5.74) is 3.61. The summed E-state index contributed by atoms with van der Waals surface area (Å²) in [6, 6.07) is 12.8. The van der Waals surface area contributed by atoms with Crippen LogP contribution in [0.15, 0.2) is 41.4 Å². The number of aliphatic imine (C=N–C) groups is 1. The van der Waals surface area contributed by atoms with Gasteiger partial charge in [0.05, 0.1) is 5.69 Å². The Morgan fingerprint density at radius 3 is 2.39 bits per heavy atom. The van der Waals surface area contributed by atoms with Gasteiger partial charge in [-0.15, -0.1) is 24.0 Å². The number of anilines is 1. The van der Waals surface area contributed by atoms with Crippen LogP contribution in [0.4, 0.5) is 5.69 Å². The zero-order valence-corrected chi connectivity index (χ0v) is 19.8. The van der Waals surface area contributed by atoms with Crippen LogP contribution in [-0.2, 0) is 6.54 Å². The highest BCUT2D eigenvalue weighted by atomic mass is 127. The lowest BCUT2D eigenvalue weighted by Gasteiger charge is -2.38. The van der Waals surface area contributed by atoms with Crippen LogP contribution in [0.2, 0.25) is 0 Å². The van der Waals surface area contributed by atoms with E-state index in [4.69, 9.17) is 0 Å². The van der Waals surface area contributed by atoms with E-state index in [1.54, 1.807) is 0 Å². The molecule has 28 heavy (non-hydrogen) atoms. The van der Waals surface area contributed by atoms with Crippen molar-refractivity contribution in [1.29, 1.82) is 0 Å². The molecule has 1 aromatic heterocycles. The SMILES string of the molecule is CN=C(NCC(C)Cn1nc(C)cc1C)N1CCN(c2ccccc2)CC1.I. The predicted molar refractivity (Wildman–Crippen MR) is 128 cm³/mol. The summed E-state index contributed by atoms with van der Waals surface area (Å²) in [5.74, 6) is 1.48. The molecular formula is C21H33IN6. The average molecular weight is 496 g/mol. The first-order valence-corrected chi connectivity index (χ1v) is 9.83. The van der Waals surface area contributed by atoms with E-state index in [9.17, 15) is 0 Å². The van der Waals surface area contributed by atoms with Crippen molar-refractivity contribution in [3.63, 3.8) is 0 Å². The first kappa shape index (κ1) is 22.5. The number of guanidine groups is 1. The molecule has 1 aliphatic heterocycles. The molecule has 0 saturated carbocycles. The molecule has 3 rings (SSSR count). The quantitative estimate of drug-likeness (QED) is 0.393. The topological polar surface area (TPSA) is 48.7 Å². The summed E-state index contributed by atoms with van der Waals surface area (Å²) < 4.78 is 2.10. The van der Waals surface area contributed by atoms with E-state index in [0.717, 1.165) is 50.9 Å². The van der Waals surface area contributed by atoms with Crippen LogP contribution >= 0.6 is 24.0 Å². The Labute approximate surface area is 186 Å². The minimum absolute atomic E-state index is 0. The van der Waals surface area contributed by atoms with E-state index in [0.29, 0.717) is 5.92 Å². The van der Waals surface area contributed by atoms with Crippen LogP contribution in [0.1, 0.15) is 18.3 Å². The Balaban J connectivity index is 0.00000280. The zero-order valence-electron chi connectivity index (χ0n) is 17.4. The lowest BCUT2D eigenvalue weighted by atomic mass is 10.2. The molecular weight excluding hydrogens is 463 g/mol. The zero-order chi connectivity index (χ0) is 19.2. The normalized spacial score (nSPS) is 15.9. The number of piperazine rings is 1. The van der Waals surface area contributed by atoms with E-state index in [1.807, 2.05) is 14.0 Å². The lowest BCUT2D eigenvalue weighted by Crippen LogP contribution is -2.53. The van der Waals surface area contributed by atoms with Gasteiger partial charge in [-0.1, -0.05) is 25.1 Å². The second-order valence-electron chi connectivity index (χ2n) is 7.45. The maximum Gasteiger partial charge on any atom is 0.193 e. The van der Waals surface area contributed by atoms with Gasteiger partial charge in [-0.2, -0.15) is 5.10 Å². The van der Waals surface area contributed by atoms with E-state index < -0.39 is 0 Å². The highest BCUT2D eigenvalue weighted by molar-refractivity contribution is 14.0. The number of para-hydroxylation sites is 1. The van der Waals surface area contributed by atoms with Gasteiger partial charge in [0, 0.05) is 57.7 Å². The van der Waals surface area contributed by atoms with E-state index in [2.05, 4.69) is 80.1 Å². The molecule has 1 saturated heterocycles. The van der Waals surface area contributed by atoms with Crippen molar-refractivity contribution in [3.05, 3.63) is 47.8 Å². The van der Waals surface area contributed by atoms with Crippen molar-refractivity contribution >= 4 is 35.6 Å². The number of aryl methyl sites for hydroxylation is 2. The molecule has 1 aromatic carbocycles. The third kappa shape index (κ3) is 5.86. The van der Waals surface area contributed by atoms with Crippen LogP contribution in [0.5, 0.6) is 0 Å². The molecule has 0 radical (unpaired) electrons. The van der Waals surface area contributed by atoms with Crippen molar-refractivity contribution in [2.75, 3.05) is 44.7 Å². The van der Waals surface area contributed by atoms with Gasteiger partial charge in [-0.25, -0.2) is 0 Å². The van der Waals surface area contributed by atoms with E-state index in [-0.39, 0.29) is 24.0 Å². The van der Waals surface area contributed by atoms with Crippen LogP contribution in [0, 0.1) is 19.8 Å². The molecule has 0 amide bonds. The third-order valence-electron chi connectivity index (χ3n) is 5.11. The van der Waals surface area contributed by atoms with E-state index in [1.165, 1.54) is 11.4 Å². The summed E-state index contributed by atoms with van der Waals surface area (Å²) in [6.45, 7) is 12.2. The minimum Gasteiger partial charge on any atom is -0.368 e. The fourth-order valence-corrected chi connectivity index (χ4v) is 3.63. The van der Waals surface area contributed by atoms with Gasteiger partial charge in [-0.05, 0) is 38.0 Å². The summed E-state index contributed by atoms with van der Waals surface area (Å²) in [7, 11) is 1.87. The highest BCUT2D eigenvalue weighted by Gasteiger charge is 2.20. The molecule has 7 heteroatoms. The van der Waals surface area contributed by atoms with Crippen LogP contribution in [-0.4, -0.2) is 60.4 Å². The molecule has 1 fully saturated rings. The number of nitrogens with zero attached hydrogens (tertiary/aromatic N) is 5. The second-order valence-corrected chi connectivity index (χ2v) is 7.45. The van der Waals surface area contributed by atoms with Gasteiger partial charge < -0.3 is 15.1 Å². The van der Waals surface area contributed by atoms with Gasteiger partial charge in [0.1, 0.15) is 0 Å². The Bertz CT molecular complexity index is 750. The average Bonchev–Trinajstić information content (AvgIpc) is 3.00. The van der Waals surface area contributed by atoms with Gasteiger partial charge in [0.25, 0.3) is 0 Å². The number of rotatable bonds is 5.